The van der Waals surface area contributed by atoms with Gasteiger partial charge < -0.3 is 10.4 Å². The summed E-state index contributed by atoms with van der Waals surface area (Å²) in [6.45, 7) is 10.7. The van der Waals surface area contributed by atoms with Crippen LogP contribution in [0.15, 0.2) is 36.6 Å². The van der Waals surface area contributed by atoms with E-state index in [-0.39, 0.29) is 0 Å². The average Bonchev–Trinajstić information content (AvgIpc) is 2.50. The van der Waals surface area contributed by atoms with E-state index >= 15 is 0 Å². The van der Waals surface area contributed by atoms with Crippen molar-refractivity contribution in [1.82, 2.24) is 5.32 Å². The quantitative estimate of drug-likeness (QED) is 0.221. The molecule has 132 valence electrons. The number of hydrogen-bond acceptors (Lipinski definition) is 2. The summed E-state index contributed by atoms with van der Waals surface area (Å²) in [7, 11) is 0. The molecule has 2 N–H and O–H groups in total. The van der Waals surface area contributed by atoms with Crippen LogP contribution in [0, 0.1) is 0 Å². The molecule has 0 unspecified atom stereocenters. The minimum atomic E-state index is -0.673. The van der Waals surface area contributed by atoms with Crippen LogP contribution in [-0.2, 0) is 4.79 Å². The van der Waals surface area contributed by atoms with Crippen LogP contribution in [0.2, 0.25) is 0 Å². The van der Waals surface area contributed by atoms with Gasteiger partial charge in [0.2, 0.25) is 0 Å². The molecule has 0 radical (unpaired) electrons. The molecule has 0 saturated heterocycles. The maximum Gasteiger partial charge on any atom is 0.303 e. The van der Waals surface area contributed by atoms with E-state index in [1.54, 1.807) is 0 Å². The lowest BCUT2D eigenvalue weighted by Crippen LogP contribution is -2.13. The molecule has 0 aliphatic rings. The monoisotopic (exact) mass is 321 g/mol. The fourth-order valence-corrected chi connectivity index (χ4v) is 2.27. The van der Waals surface area contributed by atoms with Crippen molar-refractivity contribution in [2.24, 2.45) is 0 Å². The lowest BCUT2D eigenvalue weighted by Gasteiger charge is -2.07. The lowest BCUT2D eigenvalue weighted by atomic mass is 10.1. The van der Waals surface area contributed by atoms with Gasteiger partial charge in [-0.05, 0) is 44.6 Å². The van der Waals surface area contributed by atoms with Gasteiger partial charge in [0.15, 0.2) is 0 Å². The van der Waals surface area contributed by atoms with Gasteiger partial charge in [-0.25, -0.2) is 0 Å². The van der Waals surface area contributed by atoms with E-state index in [0.717, 1.165) is 43.5 Å². The Morgan fingerprint density at radius 3 is 2.00 bits per heavy atom. The summed E-state index contributed by atoms with van der Waals surface area (Å²) in [4.78, 5) is 10.4. The third-order valence-corrected chi connectivity index (χ3v) is 3.83. The molecule has 0 aromatic heterocycles. The number of aliphatic carboxylic acids is 1. The SMILES string of the molecule is C=C(C)C(=C)NCCC/C=C/CCCCCCCCCC(=O)O. The molecular weight excluding hydrogens is 286 g/mol. The van der Waals surface area contributed by atoms with Crippen molar-refractivity contribution < 1.29 is 9.90 Å². The number of allylic oxidation sites excluding steroid dienone is 3. The Hall–Kier alpha value is -1.51. The largest absolute Gasteiger partial charge is 0.481 e. The van der Waals surface area contributed by atoms with Crippen LogP contribution in [0.25, 0.3) is 0 Å². The molecule has 0 bridgehead atoms. The van der Waals surface area contributed by atoms with Crippen LogP contribution < -0.4 is 5.32 Å². The second-order valence-electron chi connectivity index (χ2n) is 6.21. The van der Waals surface area contributed by atoms with Crippen LogP contribution in [0.1, 0.15) is 77.6 Å². The minimum absolute atomic E-state index is 0.321. The number of hydrogen-bond donors (Lipinski definition) is 2. The van der Waals surface area contributed by atoms with Crippen molar-refractivity contribution >= 4 is 5.97 Å². The van der Waals surface area contributed by atoms with Crippen LogP contribution in [0.3, 0.4) is 0 Å². The number of rotatable bonds is 16. The van der Waals surface area contributed by atoms with Gasteiger partial charge in [-0.1, -0.05) is 57.4 Å². The predicted octanol–water partition coefficient (Wildman–Crippen LogP) is 5.60. The highest BCUT2D eigenvalue weighted by atomic mass is 16.4. The first-order valence-electron chi connectivity index (χ1n) is 8.99. The summed E-state index contributed by atoms with van der Waals surface area (Å²) in [5.74, 6) is -0.673. The molecule has 0 saturated carbocycles. The summed E-state index contributed by atoms with van der Waals surface area (Å²) in [6, 6.07) is 0. The molecule has 0 aromatic carbocycles. The molecule has 0 fully saturated rings. The number of carboxylic acids is 1. The highest BCUT2D eigenvalue weighted by Gasteiger charge is 1.96. The van der Waals surface area contributed by atoms with E-state index in [4.69, 9.17) is 5.11 Å². The van der Waals surface area contributed by atoms with E-state index in [2.05, 4.69) is 30.6 Å². The fourth-order valence-electron chi connectivity index (χ4n) is 2.27. The van der Waals surface area contributed by atoms with Gasteiger partial charge in [0.1, 0.15) is 0 Å². The smallest absolute Gasteiger partial charge is 0.303 e. The molecule has 0 aromatic rings. The highest BCUT2D eigenvalue weighted by Crippen LogP contribution is 2.10. The second kappa shape index (κ2) is 15.4. The van der Waals surface area contributed by atoms with Crippen molar-refractivity contribution in [2.45, 2.75) is 77.6 Å². The Balaban J connectivity index is 3.21. The Labute approximate surface area is 142 Å². The number of nitrogens with one attached hydrogen (secondary N) is 1. The third-order valence-electron chi connectivity index (χ3n) is 3.83. The van der Waals surface area contributed by atoms with Gasteiger partial charge >= 0.3 is 5.97 Å². The van der Waals surface area contributed by atoms with Gasteiger partial charge in [0.05, 0.1) is 0 Å². The predicted molar refractivity (Wildman–Crippen MR) is 99.5 cm³/mol. The lowest BCUT2D eigenvalue weighted by molar-refractivity contribution is -0.137. The molecule has 3 heteroatoms. The number of carbonyl (C=O) groups is 1. The van der Waals surface area contributed by atoms with Gasteiger partial charge in [-0.3, -0.25) is 4.79 Å². The second-order valence-corrected chi connectivity index (χ2v) is 6.21. The fraction of sp³-hybridized carbons (Fsp3) is 0.650. The van der Waals surface area contributed by atoms with Gasteiger partial charge in [-0.15, -0.1) is 0 Å². The summed E-state index contributed by atoms with van der Waals surface area (Å²) in [6.07, 6.45) is 16.4. The molecule has 0 heterocycles. The van der Waals surface area contributed by atoms with Crippen molar-refractivity contribution in [2.75, 3.05) is 6.54 Å². The van der Waals surface area contributed by atoms with Gasteiger partial charge in [0.25, 0.3) is 0 Å². The van der Waals surface area contributed by atoms with E-state index < -0.39 is 5.97 Å². The van der Waals surface area contributed by atoms with Gasteiger partial charge in [0, 0.05) is 18.7 Å². The van der Waals surface area contributed by atoms with Crippen LogP contribution in [0.5, 0.6) is 0 Å². The zero-order chi connectivity index (χ0) is 17.3. The maximum atomic E-state index is 10.4. The van der Waals surface area contributed by atoms with E-state index in [0.29, 0.717) is 6.42 Å². The van der Waals surface area contributed by atoms with Gasteiger partial charge in [-0.2, -0.15) is 0 Å². The maximum absolute atomic E-state index is 10.4. The molecule has 0 atom stereocenters. The van der Waals surface area contributed by atoms with Crippen molar-refractivity contribution in [3.8, 4) is 0 Å². The summed E-state index contributed by atoms with van der Waals surface area (Å²) < 4.78 is 0. The summed E-state index contributed by atoms with van der Waals surface area (Å²) >= 11 is 0. The van der Waals surface area contributed by atoms with Crippen LogP contribution in [0.4, 0.5) is 0 Å². The molecule has 0 rings (SSSR count). The first-order valence-corrected chi connectivity index (χ1v) is 8.99. The first kappa shape index (κ1) is 21.5. The van der Waals surface area contributed by atoms with Crippen LogP contribution in [-0.4, -0.2) is 17.6 Å². The third kappa shape index (κ3) is 16.7. The molecule has 0 aliphatic carbocycles. The molecule has 23 heavy (non-hydrogen) atoms. The average molecular weight is 322 g/mol. The van der Waals surface area contributed by atoms with E-state index in [1.807, 2.05) is 6.92 Å². The Bertz CT molecular complexity index is 372. The molecule has 0 aliphatic heterocycles. The number of carboxylic acid groups (broad SMARTS) is 1. The Morgan fingerprint density at radius 1 is 0.913 bits per heavy atom. The minimum Gasteiger partial charge on any atom is -0.481 e. The van der Waals surface area contributed by atoms with Crippen molar-refractivity contribution in [3.63, 3.8) is 0 Å². The van der Waals surface area contributed by atoms with Crippen molar-refractivity contribution in [1.29, 1.82) is 0 Å². The topological polar surface area (TPSA) is 49.3 Å². The first-order chi connectivity index (χ1) is 11.0. The Kier molecular flexibility index (Phi) is 14.4. The number of unbranched alkanes of at least 4 members (excludes halogenated alkanes) is 8. The zero-order valence-electron chi connectivity index (χ0n) is 14.9. The molecule has 0 spiro atoms. The van der Waals surface area contributed by atoms with Crippen molar-refractivity contribution in [3.05, 3.63) is 36.6 Å². The highest BCUT2D eigenvalue weighted by molar-refractivity contribution is 5.66. The standard InChI is InChI=1S/C20H35NO2/c1-18(2)19(3)21-17-15-13-11-9-7-5-4-6-8-10-12-14-16-20(22)23/h9,11,21H,1,3-8,10,12-17H2,2H3,(H,22,23)/b11-9+. The Morgan fingerprint density at radius 2 is 1.43 bits per heavy atom. The van der Waals surface area contributed by atoms with Crippen LogP contribution >= 0.6 is 0 Å². The molecule has 3 nitrogen and oxygen atoms in total. The summed E-state index contributed by atoms with van der Waals surface area (Å²) in [5.41, 5.74) is 1.94. The van der Waals surface area contributed by atoms with E-state index in [1.165, 1.54) is 38.5 Å². The zero-order valence-corrected chi connectivity index (χ0v) is 14.9. The van der Waals surface area contributed by atoms with E-state index in [9.17, 15) is 4.79 Å². The summed E-state index contributed by atoms with van der Waals surface area (Å²) in [5, 5.41) is 11.8. The normalized spacial score (nSPS) is 10.8. The molecule has 0 amide bonds. The molecular formula is C20H35NO2.